The zero-order valence-electron chi connectivity index (χ0n) is 11.1. The third-order valence-corrected chi connectivity index (χ3v) is 4.56. The van der Waals surface area contributed by atoms with Gasteiger partial charge in [0, 0.05) is 11.7 Å². The first-order valence-electron chi connectivity index (χ1n) is 6.78. The fourth-order valence-electron chi connectivity index (χ4n) is 2.02. The Balaban J connectivity index is 1.47. The zero-order valence-corrected chi connectivity index (χ0v) is 11.9. The Hall–Kier alpha value is -1.29. The molecule has 0 aliphatic heterocycles. The Morgan fingerprint density at radius 2 is 2.05 bits per heavy atom. The molecule has 100 valence electrons. The number of hydrogen-bond acceptors (Lipinski definition) is 4. The highest BCUT2D eigenvalue weighted by molar-refractivity contribution is 7.98. The van der Waals surface area contributed by atoms with E-state index in [-0.39, 0.29) is 0 Å². The van der Waals surface area contributed by atoms with Gasteiger partial charge in [0.25, 0.3) is 0 Å². The van der Waals surface area contributed by atoms with Crippen LogP contribution in [0.3, 0.4) is 0 Å². The summed E-state index contributed by atoms with van der Waals surface area (Å²) in [6.07, 6.45) is 2.42. The monoisotopic (exact) mass is 274 g/mol. The molecule has 1 saturated carbocycles. The van der Waals surface area contributed by atoms with Gasteiger partial charge in [-0.3, -0.25) is 0 Å². The second-order valence-electron chi connectivity index (χ2n) is 5.14. The largest absolute Gasteiger partial charge is 0.424 e. The van der Waals surface area contributed by atoms with Crippen molar-refractivity contribution in [3.05, 3.63) is 47.7 Å². The van der Waals surface area contributed by atoms with E-state index in [1.807, 2.05) is 11.8 Å². The molecule has 0 N–H and O–H groups in total. The summed E-state index contributed by atoms with van der Waals surface area (Å²) in [5.41, 5.74) is 1.39. The van der Waals surface area contributed by atoms with Crippen molar-refractivity contribution in [1.29, 1.82) is 0 Å². The summed E-state index contributed by atoms with van der Waals surface area (Å²) in [7, 11) is 0. The summed E-state index contributed by atoms with van der Waals surface area (Å²) in [6, 6.07) is 10.6. The maximum absolute atomic E-state index is 5.65. The van der Waals surface area contributed by atoms with Crippen LogP contribution >= 0.6 is 11.8 Å². The lowest BCUT2D eigenvalue weighted by Gasteiger charge is -2.10. The predicted molar refractivity (Wildman–Crippen MR) is 77.3 cm³/mol. The first-order valence-corrected chi connectivity index (χ1v) is 7.93. The van der Waals surface area contributed by atoms with Gasteiger partial charge in [0.2, 0.25) is 11.8 Å². The second-order valence-corrected chi connectivity index (χ2v) is 6.17. The van der Waals surface area contributed by atoms with E-state index in [1.54, 1.807) is 0 Å². The lowest BCUT2D eigenvalue weighted by atomic mass is 10.0. The smallest absolute Gasteiger partial charge is 0.226 e. The highest BCUT2D eigenvalue weighted by atomic mass is 32.2. The maximum atomic E-state index is 5.65. The minimum Gasteiger partial charge on any atom is -0.424 e. The Bertz CT molecular complexity index is 522. The Morgan fingerprint density at radius 3 is 2.79 bits per heavy atom. The zero-order chi connectivity index (χ0) is 13.1. The molecule has 0 radical (unpaired) electrons. The van der Waals surface area contributed by atoms with Gasteiger partial charge in [0.15, 0.2) is 0 Å². The summed E-state index contributed by atoms with van der Waals surface area (Å²) < 4.78 is 5.65. The van der Waals surface area contributed by atoms with E-state index in [0.29, 0.717) is 11.8 Å². The number of nitrogens with zero attached hydrogens (tertiary/aromatic N) is 2. The molecule has 3 rings (SSSR count). The average molecular weight is 274 g/mol. The van der Waals surface area contributed by atoms with E-state index in [1.165, 1.54) is 18.4 Å². The number of aromatic nitrogens is 2. The molecule has 0 amide bonds. The minimum atomic E-state index is 0.550. The van der Waals surface area contributed by atoms with Crippen LogP contribution in [-0.2, 0) is 5.75 Å². The van der Waals surface area contributed by atoms with E-state index in [2.05, 4.69) is 47.5 Å². The molecule has 1 aromatic heterocycles. The van der Waals surface area contributed by atoms with Gasteiger partial charge in [-0.25, -0.2) is 0 Å². The van der Waals surface area contributed by atoms with Gasteiger partial charge in [-0.05, 0) is 24.3 Å². The minimum absolute atomic E-state index is 0.550. The molecule has 1 fully saturated rings. The molecule has 1 aromatic carbocycles. The summed E-state index contributed by atoms with van der Waals surface area (Å²) in [4.78, 5) is 0. The molecule has 0 bridgehead atoms. The van der Waals surface area contributed by atoms with Crippen molar-refractivity contribution in [2.75, 3.05) is 5.75 Å². The number of hydrogen-bond donors (Lipinski definition) is 0. The van der Waals surface area contributed by atoms with Gasteiger partial charge in [-0.2, -0.15) is 11.8 Å². The van der Waals surface area contributed by atoms with Crippen molar-refractivity contribution in [1.82, 2.24) is 10.2 Å². The van der Waals surface area contributed by atoms with E-state index in [4.69, 9.17) is 4.42 Å². The van der Waals surface area contributed by atoms with Crippen LogP contribution in [0.4, 0.5) is 0 Å². The highest BCUT2D eigenvalue weighted by Gasteiger charge is 2.29. The molecular weight excluding hydrogens is 256 g/mol. The van der Waals surface area contributed by atoms with Gasteiger partial charge in [-0.15, -0.1) is 10.2 Å². The third kappa shape index (κ3) is 3.38. The van der Waals surface area contributed by atoms with Gasteiger partial charge in [0.1, 0.15) is 0 Å². The van der Waals surface area contributed by atoms with Gasteiger partial charge in [-0.1, -0.05) is 37.3 Å². The molecule has 0 unspecified atom stereocenters. The summed E-state index contributed by atoms with van der Waals surface area (Å²) in [5, 5.41) is 8.21. The van der Waals surface area contributed by atoms with Crippen LogP contribution in [0.2, 0.25) is 0 Å². The Labute approximate surface area is 117 Å². The fourth-order valence-corrected chi connectivity index (χ4v) is 2.98. The molecule has 0 spiro atoms. The first kappa shape index (κ1) is 12.7. The summed E-state index contributed by atoms with van der Waals surface area (Å²) >= 11 is 1.86. The Kier molecular flexibility index (Phi) is 3.87. The fraction of sp³-hybridized carbons (Fsp3) is 0.467. The van der Waals surface area contributed by atoms with Crippen molar-refractivity contribution < 1.29 is 4.42 Å². The quantitative estimate of drug-likeness (QED) is 0.798. The molecule has 19 heavy (non-hydrogen) atoms. The average Bonchev–Trinajstić information content (AvgIpc) is 3.20. The van der Waals surface area contributed by atoms with Crippen LogP contribution in [-0.4, -0.2) is 16.0 Å². The van der Waals surface area contributed by atoms with Crippen molar-refractivity contribution in [3.8, 4) is 0 Å². The van der Waals surface area contributed by atoms with Gasteiger partial charge < -0.3 is 4.42 Å². The normalized spacial score (nSPS) is 16.5. The molecule has 4 heteroatoms. The SMILES string of the molecule is C[C@H](CSCc1nnc(C2CC2)o1)c1ccccc1. The number of thioether (sulfide) groups is 1. The van der Waals surface area contributed by atoms with Crippen LogP contribution in [0.15, 0.2) is 34.7 Å². The van der Waals surface area contributed by atoms with Crippen LogP contribution in [0, 0.1) is 0 Å². The molecule has 1 heterocycles. The molecule has 2 aromatic rings. The second kappa shape index (κ2) is 5.78. The van der Waals surface area contributed by atoms with E-state index in [9.17, 15) is 0 Å². The van der Waals surface area contributed by atoms with Gasteiger partial charge >= 0.3 is 0 Å². The van der Waals surface area contributed by atoms with E-state index in [0.717, 1.165) is 23.3 Å². The van der Waals surface area contributed by atoms with Crippen LogP contribution in [0.1, 0.15) is 48.9 Å². The molecule has 1 aliphatic carbocycles. The molecule has 1 aliphatic rings. The van der Waals surface area contributed by atoms with Crippen molar-refractivity contribution in [3.63, 3.8) is 0 Å². The maximum Gasteiger partial charge on any atom is 0.226 e. The molecule has 0 saturated heterocycles. The van der Waals surface area contributed by atoms with E-state index < -0.39 is 0 Å². The predicted octanol–water partition coefficient (Wildman–Crippen LogP) is 3.98. The Morgan fingerprint density at radius 1 is 1.26 bits per heavy atom. The lowest BCUT2D eigenvalue weighted by Crippen LogP contribution is -1.97. The van der Waals surface area contributed by atoms with Crippen molar-refractivity contribution in [2.45, 2.75) is 37.4 Å². The summed E-state index contributed by atoms with van der Waals surface area (Å²) in [5.74, 6) is 4.60. The standard InChI is InChI=1S/C15H18N2OS/c1-11(12-5-3-2-4-6-12)9-19-10-14-16-17-15(18-14)13-7-8-13/h2-6,11,13H,7-10H2,1H3/t11-/m1/s1. The van der Waals surface area contributed by atoms with Crippen LogP contribution < -0.4 is 0 Å². The van der Waals surface area contributed by atoms with Crippen LogP contribution in [0.25, 0.3) is 0 Å². The van der Waals surface area contributed by atoms with Crippen molar-refractivity contribution in [2.24, 2.45) is 0 Å². The highest BCUT2D eigenvalue weighted by Crippen LogP contribution is 2.39. The van der Waals surface area contributed by atoms with Gasteiger partial charge in [0.05, 0.1) is 5.75 Å². The lowest BCUT2D eigenvalue weighted by molar-refractivity contribution is 0.466. The number of rotatable bonds is 6. The van der Waals surface area contributed by atoms with E-state index >= 15 is 0 Å². The first-order chi connectivity index (χ1) is 9.33. The van der Waals surface area contributed by atoms with Crippen LogP contribution in [0.5, 0.6) is 0 Å². The molecule has 1 atom stereocenters. The summed E-state index contributed by atoms with van der Waals surface area (Å²) in [6.45, 7) is 2.26. The topological polar surface area (TPSA) is 38.9 Å². The number of benzene rings is 1. The van der Waals surface area contributed by atoms with Crippen molar-refractivity contribution >= 4 is 11.8 Å². The third-order valence-electron chi connectivity index (χ3n) is 3.37. The molecule has 3 nitrogen and oxygen atoms in total. The molecular formula is C15H18N2OS.